The SMILES string of the molecule is Cc1cnc(Nc2ccc(C)c(Cl)c2)[nH]1. The molecule has 0 fully saturated rings. The first-order chi connectivity index (χ1) is 7.15. The fraction of sp³-hybridized carbons (Fsp3) is 0.182. The van der Waals surface area contributed by atoms with Gasteiger partial charge >= 0.3 is 0 Å². The summed E-state index contributed by atoms with van der Waals surface area (Å²) in [7, 11) is 0. The third-order valence-electron chi connectivity index (χ3n) is 2.14. The lowest BCUT2D eigenvalue weighted by Gasteiger charge is -2.04. The number of hydrogen-bond donors (Lipinski definition) is 2. The summed E-state index contributed by atoms with van der Waals surface area (Å²) in [4.78, 5) is 7.25. The highest BCUT2D eigenvalue weighted by atomic mass is 35.5. The molecule has 0 bridgehead atoms. The number of aromatic nitrogens is 2. The standard InChI is InChI=1S/C11H12ClN3/c1-7-3-4-9(5-10(7)12)15-11-13-6-8(2)14-11/h3-6H,1-2H3,(H2,13,14,15). The van der Waals surface area contributed by atoms with E-state index in [1.54, 1.807) is 6.20 Å². The first-order valence-corrected chi connectivity index (χ1v) is 5.08. The van der Waals surface area contributed by atoms with Crippen molar-refractivity contribution in [1.29, 1.82) is 0 Å². The molecule has 0 atom stereocenters. The second-order valence-electron chi connectivity index (χ2n) is 3.50. The molecule has 2 aromatic rings. The Labute approximate surface area is 93.5 Å². The quantitative estimate of drug-likeness (QED) is 0.816. The van der Waals surface area contributed by atoms with Crippen LogP contribution in [0.4, 0.5) is 11.6 Å². The summed E-state index contributed by atoms with van der Waals surface area (Å²) in [6, 6.07) is 5.83. The van der Waals surface area contributed by atoms with Gasteiger partial charge in [-0.25, -0.2) is 4.98 Å². The molecule has 1 heterocycles. The molecule has 0 unspecified atom stereocenters. The van der Waals surface area contributed by atoms with Crippen molar-refractivity contribution in [2.75, 3.05) is 5.32 Å². The van der Waals surface area contributed by atoms with Gasteiger partial charge in [0.05, 0.1) is 0 Å². The predicted molar refractivity (Wildman–Crippen MR) is 62.8 cm³/mol. The lowest BCUT2D eigenvalue weighted by Crippen LogP contribution is -1.92. The molecule has 0 amide bonds. The van der Waals surface area contributed by atoms with Gasteiger partial charge in [0.2, 0.25) is 5.95 Å². The molecule has 1 aromatic carbocycles. The van der Waals surface area contributed by atoms with Gasteiger partial charge in [0.15, 0.2) is 0 Å². The number of nitrogens with zero attached hydrogens (tertiary/aromatic N) is 1. The molecule has 0 saturated carbocycles. The fourth-order valence-corrected chi connectivity index (χ4v) is 1.46. The number of benzene rings is 1. The largest absolute Gasteiger partial charge is 0.328 e. The molecule has 15 heavy (non-hydrogen) atoms. The molecule has 3 nitrogen and oxygen atoms in total. The first kappa shape index (κ1) is 10.1. The van der Waals surface area contributed by atoms with Crippen LogP contribution in [0.5, 0.6) is 0 Å². The van der Waals surface area contributed by atoms with Crippen LogP contribution < -0.4 is 5.32 Å². The fourth-order valence-electron chi connectivity index (χ4n) is 1.28. The van der Waals surface area contributed by atoms with Crippen LogP contribution in [-0.2, 0) is 0 Å². The zero-order chi connectivity index (χ0) is 10.8. The van der Waals surface area contributed by atoms with Gasteiger partial charge in [-0.2, -0.15) is 0 Å². The van der Waals surface area contributed by atoms with Crippen molar-refractivity contribution in [3.63, 3.8) is 0 Å². The minimum absolute atomic E-state index is 0.729. The van der Waals surface area contributed by atoms with Crippen LogP contribution in [0.2, 0.25) is 5.02 Å². The molecule has 0 spiro atoms. The zero-order valence-corrected chi connectivity index (χ0v) is 9.39. The van der Waals surface area contributed by atoms with E-state index in [0.29, 0.717) is 0 Å². The van der Waals surface area contributed by atoms with Gasteiger partial charge in [0.25, 0.3) is 0 Å². The van der Waals surface area contributed by atoms with Gasteiger partial charge in [0, 0.05) is 22.6 Å². The second kappa shape index (κ2) is 3.95. The highest BCUT2D eigenvalue weighted by Gasteiger charge is 2.00. The number of halogens is 1. The van der Waals surface area contributed by atoms with Crippen molar-refractivity contribution < 1.29 is 0 Å². The number of H-pyrrole nitrogens is 1. The summed E-state index contributed by atoms with van der Waals surface area (Å²) in [5.41, 5.74) is 3.02. The molecule has 0 aliphatic rings. The first-order valence-electron chi connectivity index (χ1n) is 4.70. The van der Waals surface area contributed by atoms with Crippen molar-refractivity contribution in [2.45, 2.75) is 13.8 Å². The van der Waals surface area contributed by atoms with E-state index >= 15 is 0 Å². The number of anilines is 2. The third kappa shape index (κ3) is 2.30. The second-order valence-corrected chi connectivity index (χ2v) is 3.91. The normalized spacial score (nSPS) is 10.3. The van der Waals surface area contributed by atoms with Crippen LogP contribution in [0, 0.1) is 13.8 Å². The van der Waals surface area contributed by atoms with E-state index in [9.17, 15) is 0 Å². The molecule has 1 aromatic heterocycles. The summed E-state index contributed by atoms with van der Waals surface area (Å²) in [6.45, 7) is 3.93. The Morgan fingerprint density at radius 2 is 2.13 bits per heavy atom. The Morgan fingerprint density at radius 3 is 2.73 bits per heavy atom. The van der Waals surface area contributed by atoms with Crippen LogP contribution in [0.15, 0.2) is 24.4 Å². The number of rotatable bonds is 2. The molecule has 2 N–H and O–H groups in total. The molecule has 2 rings (SSSR count). The maximum absolute atomic E-state index is 6.01. The van der Waals surface area contributed by atoms with Crippen LogP contribution in [0.1, 0.15) is 11.3 Å². The Bertz CT molecular complexity index is 476. The smallest absolute Gasteiger partial charge is 0.204 e. The summed E-state index contributed by atoms with van der Waals surface area (Å²) in [5, 5.41) is 3.89. The van der Waals surface area contributed by atoms with E-state index in [1.807, 2.05) is 32.0 Å². The Balaban J connectivity index is 2.21. The van der Waals surface area contributed by atoms with Gasteiger partial charge in [-0.05, 0) is 31.5 Å². The number of hydrogen-bond acceptors (Lipinski definition) is 2. The highest BCUT2D eigenvalue weighted by molar-refractivity contribution is 6.31. The monoisotopic (exact) mass is 221 g/mol. The van der Waals surface area contributed by atoms with Gasteiger partial charge in [-0.15, -0.1) is 0 Å². The molecule has 0 aliphatic heterocycles. The zero-order valence-electron chi connectivity index (χ0n) is 8.63. The summed E-state index contributed by atoms with van der Waals surface area (Å²) >= 11 is 6.01. The highest BCUT2D eigenvalue weighted by Crippen LogP contribution is 2.21. The van der Waals surface area contributed by atoms with E-state index in [0.717, 1.165) is 27.9 Å². The van der Waals surface area contributed by atoms with Crippen molar-refractivity contribution in [2.24, 2.45) is 0 Å². The van der Waals surface area contributed by atoms with Crippen molar-refractivity contribution >= 4 is 23.2 Å². The maximum Gasteiger partial charge on any atom is 0.204 e. The molecular formula is C11H12ClN3. The molecule has 78 valence electrons. The summed E-state index contributed by atoms with van der Waals surface area (Å²) in [6.07, 6.45) is 1.78. The lowest BCUT2D eigenvalue weighted by molar-refractivity contribution is 1.24. The van der Waals surface area contributed by atoms with Gasteiger partial charge in [0.1, 0.15) is 0 Å². The average molecular weight is 222 g/mol. The van der Waals surface area contributed by atoms with E-state index in [1.165, 1.54) is 0 Å². The Hall–Kier alpha value is -1.48. The number of aromatic amines is 1. The molecule has 0 radical (unpaired) electrons. The van der Waals surface area contributed by atoms with E-state index in [-0.39, 0.29) is 0 Å². The number of nitrogens with one attached hydrogen (secondary N) is 2. The van der Waals surface area contributed by atoms with E-state index < -0.39 is 0 Å². The van der Waals surface area contributed by atoms with Crippen LogP contribution in [0.25, 0.3) is 0 Å². The van der Waals surface area contributed by atoms with E-state index in [4.69, 9.17) is 11.6 Å². The molecule has 0 aliphatic carbocycles. The number of aryl methyl sites for hydroxylation is 2. The Morgan fingerprint density at radius 1 is 1.33 bits per heavy atom. The Kier molecular flexibility index (Phi) is 2.64. The predicted octanol–water partition coefficient (Wildman–Crippen LogP) is 3.42. The summed E-state index contributed by atoms with van der Waals surface area (Å²) in [5.74, 6) is 0.729. The van der Waals surface area contributed by atoms with Gasteiger partial charge in [-0.1, -0.05) is 17.7 Å². The lowest BCUT2D eigenvalue weighted by atomic mass is 10.2. The topological polar surface area (TPSA) is 40.7 Å². The third-order valence-corrected chi connectivity index (χ3v) is 2.54. The maximum atomic E-state index is 6.01. The summed E-state index contributed by atoms with van der Waals surface area (Å²) < 4.78 is 0. The van der Waals surface area contributed by atoms with E-state index in [2.05, 4.69) is 15.3 Å². The van der Waals surface area contributed by atoms with Crippen molar-refractivity contribution in [3.05, 3.63) is 40.7 Å². The van der Waals surface area contributed by atoms with Crippen molar-refractivity contribution in [1.82, 2.24) is 9.97 Å². The molecule has 4 heteroatoms. The van der Waals surface area contributed by atoms with Gasteiger partial charge < -0.3 is 10.3 Å². The van der Waals surface area contributed by atoms with Crippen LogP contribution in [0.3, 0.4) is 0 Å². The van der Waals surface area contributed by atoms with Gasteiger partial charge in [-0.3, -0.25) is 0 Å². The molecular weight excluding hydrogens is 210 g/mol. The minimum atomic E-state index is 0.729. The van der Waals surface area contributed by atoms with Crippen LogP contribution >= 0.6 is 11.6 Å². The molecule has 0 saturated heterocycles. The van der Waals surface area contributed by atoms with Crippen molar-refractivity contribution in [3.8, 4) is 0 Å². The van der Waals surface area contributed by atoms with Crippen LogP contribution in [-0.4, -0.2) is 9.97 Å². The number of imidazole rings is 1. The minimum Gasteiger partial charge on any atom is -0.328 e. The average Bonchev–Trinajstić information content (AvgIpc) is 2.58.